The van der Waals surface area contributed by atoms with E-state index in [1.54, 1.807) is 17.9 Å². The number of ether oxygens (including phenoxy) is 3. The molecule has 2 aromatic rings. The molecule has 3 heterocycles. The number of carbonyl (C=O) groups excluding carboxylic acids is 1. The predicted molar refractivity (Wildman–Crippen MR) is 149 cm³/mol. The summed E-state index contributed by atoms with van der Waals surface area (Å²) in [4.78, 5) is 33.5. The molecule has 1 atom stereocenters. The maximum atomic E-state index is 13.9. The Morgan fingerprint density at radius 3 is 2.33 bits per heavy atom. The maximum Gasteiger partial charge on any atom is 0.256 e. The van der Waals surface area contributed by atoms with E-state index in [9.17, 15) is 9.59 Å². The van der Waals surface area contributed by atoms with Crippen molar-refractivity contribution < 1.29 is 19.0 Å². The van der Waals surface area contributed by atoms with Crippen LogP contribution in [0.15, 0.2) is 10.9 Å². The fraction of sp³-hybridized carbons (Fsp3) is 0.600. The zero-order valence-corrected chi connectivity index (χ0v) is 24.5. The highest BCUT2D eigenvalue weighted by Gasteiger charge is 2.62. The highest BCUT2D eigenvalue weighted by atomic mass is 35.5. The summed E-state index contributed by atoms with van der Waals surface area (Å²) < 4.78 is 18.9. The van der Waals surface area contributed by atoms with Crippen LogP contribution in [0.4, 0.5) is 0 Å². The molecule has 0 unspecified atom stereocenters. The van der Waals surface area contributed by atoms with E-state index in [1.807, 2.05) is 6.92 Å². The number of pyridine rings is 1. The minimum absolute atomic E-state index is 0.0981. The van der Waals surface area contributed by atoms with Gasteiger partial charge in [0.1, 0.15) is 5.75 Å². The van der Waals surface area contributed by atoms with Gasteiger partial charge in [-0.15, -0.1) is 0 Å². The van der Waals surface area contributed by atoms with Crippen molar-refractivity contribution in [2.45, 2.75) is 83.6 Å². The fourth-order valence-corrected chi connectivity index (χ4v) is 7.92. The zero-order chi connectivity index (χ0) is 27.9. The van der Waals surface area contributed by atoms with Crippen LogP contribution in [0.25, 0.3) is 0 Å². The van der Waals surface area contributed by atoms with E-state index in [2.05, 4.69) is 30.9 Å². The SMILES string of the molecule is COc1cc(C)[nH]c(=O)c1CN1CCc2c(Cl)c3c(c(C)c2C1=O)O[C@@](C)(C12CCC(N(C)C)(CC1)CC2)O3. The first kappa shape index (κ1) is 26.5. The molecule has 210 valence electrons. The zero-order valence-electron chi connectivity index (χ0n) is 23.8. The van der Waals surface area contributed by atoms with Gasteiger partial charge < -0.3 is 29.0 Å². The Morgan fingerprint density at radius 1 is 1.08 bits per heavy atom. The third-order valence-electron chi connectivity index (χ3n) is 10.3. The lowest BCUT2D eigenvalue weighted by atomic mass is 9.54. The topological polar surface area (TPSA) is 84.1 Å². The van der Waals surface area contributed by atoms with Gasteiger partial charge >= 0.3 is 0 Å². The van der Waals surface area contributed by atoms with Crippen molar-refractivity contribution in [3.05, 3.63) is 49.4 Å². The van der Waals surface area contributed by atoms with Crippen molar-refractivity contribution in [1.29, 1.82) is 0 Å². The minimum Gasteiger partial charge on any atom is -0.496 e. The Bertz CT molecular complexity index is 1410. The molecule has 0 spiro atoms. The second-order valence-corrected chi connectivity index (χ2v) is 12.7. The lowest BCUT2D eigenvalue weighted by Crippen LogP contribution is -2.62. The van der Waals surface area contributed by atoms with Crippen molar-refractivity contribution in [3.8, 4) is 17.2 Å². The number of hydrogen-bond acceptors (Lipinski definition) is 6. The van der Waals surface area contributed by atoms with E-state index in [1.165, 1.54) is 7.11 Å². The molecule has 3 aliphatic carbocycles. The van der Waals surface area contributed by atoms with Crippen molar-refractivity contribution in [3.63, 3.8) is 0 Å². The molecule has 1 aromatic heterocycles. The van der Waals surface area contributed by atoms with Crippen LogP contribution in [-0.2, 0) is 13.0 Å². The molecule has 0 radical (unpaired) electrons. The number of rotatable bonds is 5. The molecule has 3 saturated carbocycles. The summed E-state index contributed by atoms with van der Waals surface area (Å²) in [6, 6.07) is 1.78. The van der Waals surface area contributed by atoms with Gasteiger partial charge in [-0.05, 0) is 84.5 Å². The standard InChI is InChI=1S/C30H38ClN3O5/c1-17-15-21(37-6)20(26(35)32-17)16-34-14-7-19-22(27(34)36)18(2)24-25(23(19)31)39-28(3,38-24)29-8-11-30(12-9-29,13-10-29)33(4)5/h15H,7-14,16H2,1-6H3,(H,32,35)/t28-,29?,30?/m1/s1. The third-order valence-corrected chi connectivity index (χ3v) is 10.7. The monoisotopic (exact) mass is 555 g/mol. The Morgan fingerprint density at radius 2 is 1.72 bits per heavy atom. The third kappa shape index (κ3) is 3.74. The Kier molecular flexibility index (Phi) is 6.05. The lowest BCUT2D eigenvalue weighted by molar-refractivity contribution is -0.211. The molecular weight excluding hydrogens is 518 g/mol. The van der Waals surface area contributed by atoms with E-state index in [-0.39, 0.29) is 29.0 Å². The molecule has 2 bridgehead atoms. The van der Waals surface area contributed by atoms with Gasteiger partial charge in [-0.25, -0.2) is 0 Å². The molecule has 1 N–H and O–H groups in total. The van der Waals surface area contributed by atoms with Crippen LogP contribution in [0, 0.1) is 19.3 Å². The first-order chi connectivity index (χ1) is 18.4. The quantitative estimate of drug-likeness (QED) is 0.559. The fourth-order valence-electron chi connectivity index (χ4n) is 7.61. The van der Waals surface area contributed by atoms with Gasteiger partial charge in [0, 0.05) is 35.7 Å². The molecule has 1 amide bonds. The van der Waals surface area contributed by atoms with Crippen molar-refractivity contribution >= 4 is 17.5 Å². The van der Waals surface area contributed by atoms with Crippen LogP contribution in [0.2, 0.25) is 5.02 Å². The number of benzene rings is 1. The van der Waals surface area contributed by atoms with Crippen molar-refractivity contribution in [1.82, 2.24) is 14.8 Å². The minimum atomic E-state index is -0.835. The summed E-state index contributed by atoms with van der Waals surface area (Å²) >= 11 is 6.98. The largest absolute Gasteiger partial charge is 0.496 e. The molecular formula is C30H38ClN3O5. The van der Waals surface area contributed by atoms with Crippen molar-refractivity contribution in [2.24, 2.45) is 5.41 Å². The van der Waals surface area contributed by atoms with Crippen molar-refractivity contribution in [2.75, 3.05) is 27.7 Å². The van der Waals surface area contributed by atoms with E-state index < -0.39 is 5.79 Å². The van der Waals surface area contributed by atoms with Gasteiger partial charge in [0.2, 0.25) is 0 Å². The normalized spacial score (nSPS) is 29.2. The number of H-pyrrole nitrogens is 1. The number of amides is 1. The number of halogens is 1. The average molecular weight is 556 g/mol. The number of aryl methyl sites for hydroxylation is 1. The van der Waals surface area contributed by atoms with Gasteiger partial charge in [0.25, 0.3) is 17.3 Å². The van der Waals surface area contributed by atoms with Gasteiger partial charge in [-0.1, -0.05) is 11.6 Å². The van der Waals surface area contributed by atoms with Crippen LogP contribution in [0.5, 0.6) is 17.2 Å². The number of hydrogen-bond donors (Lipinski definition) is 1. The van der Waals surface area contributed by atoms with Gasteiger partial charge in [-0.2, -0.15) is 0 Å². The maximum absolute atomic E-state index is 13.9. The summed E-state index contributed by atoms with van der Waals surface area (Å²) in [7, 11) is 5.92. The molecule has 2 aliphatic heterocycles. The second-order valence-electron chi connectivity index (χ2n) is 12.3. The van der Waals surface area contributed by atoms with Crippen LogP contribution in [0.3, 0.4) is 0 Å². The molecule has 9 heteroatoms. The smallest absolute Gasteiger partial charge is 0.256 e. The average Bonchev–Trinajstić information content (AvgIpc) is 3.30. The summed E-state index contributed by atoms with van der Waals surface area (Å²) in [5.74, 6) is 0.618. The molecule has 39 heavy (non-hydrogen) atoms. The molecule has 3 fully saturated rings. The predicted octanol–water partition coefficient (Wildman–Crippen LogP) is 4.99. The summed E-state index contributed by atoms with van der Waals surface area (Å²) in [5.41, 5.74) is 3.15. The van der Waals surface area contributed by atoms with E-state index >= 15 is 0 Å². The van der Waals surface area contributed by atoms with Gasteiger partial charge in [0.05, 0.1) is 29.8 Å². The first-order valence-corrected chi connectivity index (χ1v) is 14.3. The summed E-state index contributed by atoms with van der Waals surface area (Å²) in [6.45, 7) is 6.36. The van der Waals surface area contributed by atoms with Crippen LogP contribution >= 0.6 is 11.6 Å². The number of fused-ring (bicyclic) bond motifs is 5. The van der Waals surface area contributed by atoms with Crippen LogP contribution in [-0.4, -0.2) is 59.8 Å². The van der Waals surface area contributed by atoms with E-state index in [0.29, 0.717) is 52.1 Å². The second kappa shape index (κ2) is 8.90. The molecule has 0 saturated heterocycles. The van der Waals surface area contributed by atoms with Crippen LogP contribution in [0.1, 0.15) is 78.2 Å². The lowest BCUT2D eigenvalue weighted by Gasteiger charge is -2.59. The summed E-state index contributed by atoms with van der Waals surface area (Å²) in [6.07, 6.45) is 7.03. The Hall–Kier alpha value is -2.71. The number of nitrogens with one attached hydrogen (secondary N) is 1. The van der Waals surface area contributed by atoms with E-state index in [4.69, 9.17) is 25.8 Å². The van der Waals surface area contributed by atoms with Gasteiger partial charge in [-0.3, -0.25) is 9.59 Å². The number of aromatic nitrogens is 1. The van der Waals surface area contributed by atoms with Gasteiger partial charge in [0.15, 0.2) is 11.5 Å². The number of methoxy groups -OCH3 is 1. The molecule has 5 aliphatic rings. The molecule has 8 nitrogen and oxygen atoms in total. The Labute approximate surface area is 234 Å². The molecule has 7 rings (SSSR count). The Balaban J connectivity index is 1.32. The number of carbonyl (C=O) groups is 1. The first-order valence-electron chi connectivity index (χ1n) is 13.9. The van der Waals surface area contributed by atoms with Crippen LogP contribution < -0.4 is 19.8 Å². The number of aromatic amines is 1. The highest BCUT2D eigenvalue weighted by Crippen LogP contribution is 2.63. The summed E-state index contributed by atoms with van der Waals surface area (Å²) in [5, 5.41) is 0.471. The molecule has 1 aromatic carbocycles. The van der Waals surface area contributed by atoms with E-state index in [0.717, 1.165) is 49.7 Å². The number of nitrogens with zero attached hydrogens (tertiary/aromatic N) is 2. The highest BCUT2D eigenvalue weighted by molar-refractivity contribution is 6.34.